The van der Waals surface area contributed by atoms with Gasteiger partial charge in [0, 0.05) is 18.7 Å². The lowest BCUT2D eigenvalue weighted by Gasteiger charge is -2.22. The van der Waals surface area contributed by atoms with Crippen molar-refractivity contribution in [2.75, 3.05) is 20.6 Å². The van der Waals surface area contributed by atoms with Crippen molar-refractivity contribution >= 4 is 11.6 Å². The molecule has 20 heavy (non-hydrogen) atoms. The molecule has 0 aliphatic heterocycles. The Bertz CT molecular complexity index is 543. The van der Waals surface area contributed by atoms with Gasteiger partial charge in [0.15, 0.2) is 0 Å². The summed E-state index contributed by atoms with van der Waals surface area (Å²) in [5.74, 6) is 0.523. The fourth-order valence-corrected chi connectivity index (χ4v) is 2.24. The lowest BCUT2D eigenvalue weighted by molar-refractivity contribution is 0.250. The minimum atomic E-state index is -0.360. The number of likely N-dealkylation sites (N-methyl/N-ethyl adjacent to an activating group) is 1. The highest BCUT2D eigenvalue weighted by atomic mass is 35.5. The Morgan fingerprint density at radius 3 is 2.75 bits per heavy atom. The number of furan rings is 1. The summed E-state index contributed by atoms with van der Waals surface area (Å²) in [5.41, 5.74) is 0.564. The van der Waals surface area contributed by atoms with Gasteiger partial charge in [-0.15, -0.1) is 0 Å². The average molecular weight is 297 g/mol. The number of nitrogens with one attached hydrogen (secondary N) is 1. The van der Waals surface area contributed by atoms with E-state index in [0.717, 1.165) is 5.76 Å². The van der Waals surface area contributed by atoms with Gasteiger partial charge in [-0.1, -0.05) is 23.7 Å². The standard InChI is InChI=1S/C15H18ClFN2O/c1-19(2)13(14-7-4-8-20-14)10-18-9-11-5-3-6-12(16)15(11)17/h3-8,13,18H,9-10H2,1-2H3. The van der Waals surface area contributed by atoms with E-state index < -0.39 is 0 Å². The molecule has 2 rings (SSSR count). The van der Waals surface area contributed by atoms with Gasteiger partial charge in [-0.2, -0.15) is 0 Å². The van der Waals surface area contributed by atoms with Crippen molar-refractivity contribution < 1.29 is 8.81 Å². The largest absolute Gasteiger partial charge is 0.468 e. The van der Waals surface area contributed by atoms with Gasteiger partial charge in [0.25, 0.3) is 0 Å². The molecule has 0 saturated heterocycles. The van der Waals surface area contributed by atoms with Crippen molar-refractivity contribution in [3.63, 3.8) is 0 Å². The lowest BCUT2D eigenvalue weighted by atomic mass is 10.2. The Morgan fingerprint density at radius 2 is 2.10 bits per heavy atom. The highest BCUT2D eigenvalue weighted by Crippen LogP contribution is 2.19. The molecule has 0 aliphatic carbocycles. The second-order valence-electron chi connectivity index (χ2n) is 4.84. The van der Waals surface area contributed by atoms with Crippen molar-refractivity contribution in [2.24, 2.45) is 0 Å². The van der Waals surface area contributed by atoms with Crippen LogP contribution in [0.4, 0.5) is 4.39 Å². The van der Waals surface area contributed by atoms with E-state index in [0.29, 0.717) is 18.7 Å². The zero-order valence-electron chi connectivity index (χ0n) is 11.6. The van der Waals surface area contributed by atoms with Crippen molar-refractivity contribution in [1.29, 1.82) is 0 Å². The van der Waals surface area contributed by atoms with E-state index in [-0.39, 0.29) is 16.9 Å². The van der Waals surface area contributed by atoms with Gasteiger partial charge in [-0.25, -0.2) is 4.39 Å². The maximum atomic E-state index is 13.8. The molecule has 1 aromatic heterocycles. The van der Waals surface area contributed by atoms with Gasteiger partial charge in [0.2, 0.25) is 0 Å². The van der Waals surface area contributed by atoms with E-state index in [2.05, 4.69) is 10.2 Å². The van der Waals surface area contributed by atoms with Crippen molar-refractivity contribution in [1.82, 2.24) is 10.2 Å². The number of hydrogen-bond acceptors (Lipinski definition) is 3. The highest BCUT2D eigenvalue weighted by molar-refractivity contribution is 6.30. The number of halogens is 2. The van der Waals surface area contributed by atoms with Crippen molar-refractivity contribution in [3.8, 4) is 0 Å². The van der Waals surface area contributed by atoms with Crippen LogP contribution in [-0.2, 0) is 6.54 Å². The van der Waals surface area contributed by atoms with E-state index >= 15 is 0 Å². The van der Waals surface area contributed by atoms with Crippen LogP contribution in [0.15, 0.2) is 41.0 Å². The van der Waals surface area contributed by atoms with Gasteiger partial charge in [-0.3, -0.25) is 4.90 Å². The first kappa shape index (κ1) is 15.0. The van der Waals surface area contributed by atoms with E-state index in [1.165, 1.54) is 0 Å². The molecule has 0 radical (unpaired) electrons. The smallest absolute Gasteiger partial charge is 0.146 e. The molecule has 0 fully saturated rings. The molecule has 1 heterocycles. The summed E-state index contributed by atoms with van der Waals surface area (Å²) in [6.07, 6.45) is 1.66. The summed E-state index contributed by atoms with van der Waals surface area (Å²) in [5, 5.41) is 3.39. The third kappa shape index (κ3) is 3.60. The van der Waals surface area contributed by atoms with Crippen LogP contribution in [-0.4, -0.2) is 25.5 Å². The quantitative estimate of drug-likeness (QED) is 0.885. The van der Waals surface area contributed by atoms with Crippen LogP contribution in [0.3, 0.4) is 0 Å². The van der Waals surface area contributed by atoms with Crippen LogP contribution in [0, 0.1) is 5.82 Å². The Morgan fingerprint density at radius 1 is 1.30 bits per heavy atom. The van der Waals surface area contributed by atoms with Crippen molar-refractivity contribution in [2.45, 2.75) is 12.6 Å². The first-order valence-electron chi connectivity index (χ1n) is 6.43. The van der Waals surface area contributed by atoms with E-state index in [1.54, 1.807) is 24.5 Å². The number of nitrogens with zero attached hydrogens (tertiary/aromatic N) is 1. The Balaban J connectivity index is 1.96. The summed E-state index contributed by atoms with van der Waals surface area (Å²) in [6, 6.07) is 8.93. The predicted molar refractivity (Wildman–Crippen MR) is 78.3 cm³/mol. The summed E-state index contributed by atoms with van der Waals surface area (Å²) >= 11 is 5.76. The van der Waals surface area contributed by atoms with Crippen LogP contribution in [0.25, 0.3) is 0 Å². The molecular weight excluding hydrogens is 279 g/mol. The van der Waals surface area contributed by atoms with Crippen molar-refractivity contribution in [3.05, 3.63) is 58.8 Å². The molecule has 0 aliphatic rings. The zero-order chi connectivity index (χ0) is 14.5. The fraction of sp³-hybridized carbons (Fsp3) is 0.333. The minimum absolute atomic E-state index is 0.104. The van der Waals surface area contributed by atoms with E-state index in [1.807, 2.05) is 26.2 Å². The number of rotatable bonds is 6. The highest BCUT2D eigenvalue weighted by Gasteiger charge is 2.16. The van der Waals surface area contributed by atoms with Gasteiger partial charge in [0.1, 0.15) is 11.6 Å². The van der Waals surface area contributed by atoms with Gasteiger partial charge >= 0.3 is 0 Å². The second-order valence-corrected chi connectivity index (χ2v) is 5.25. The fourth-order valence-electron chi connectivity index (χ4n) is 2.05. The normalized spacial score (nSPS) is 12.8. The molecule has 2 aromatic rings. The third-order valence-corrected chi connectivity index (χ3v) is 3.47. The van der Waals surface area contributed by atoms with Crippen LogP contribution in [0.1, 0.15) is 17.4 Å². The summed E-state index contributed by atoms with van der Waals surface area (Å²) < 4.78 is 19.2. The first-order chi connectivity index (χ1) is 9.59. The first-order valence-corrected chi connectivity index (χ1v) is 6.81. The molecule has 0 bridgehead atoms. The molecule has 1 N–H and O–H groups in total. The monoisotopic (exact) mass is 296 g/mol. The van der Waals surface area contributed by atoms with Crippen LogP contribution in [0.2, 0.25) is 5.02 Å². The van der Waals surface area contributed by atoms with Gasteiger partial charge in [-0.05, 0) is 32.3 Å². The zero-order valence-corrected chi connectivity index (χ0v) is 12.3. The minimum Gasteiger partial charge on any atom is -0.468 e. The van der Waals surface area contributed by atoms with Crippen LogP contribution >= 0.6 is 11.6 Å². The molecule has 5 heteroatoms. The molecule has 108 valence electrons. The molecule has 0 amide bonds. The number of benzene rings is 1. The van der Waals surface area contributed by atoms with Gasteiger partial charge < -0.3 is 9.73 Å². The Hall–Kier alpha value is -1.36. The van der Waals surface area contributed by atoms with Crippen LogP contribution < -0.4 is 5.32 Å². The molecular formula is C15H18ClFN2O. The average Bonchev–Trinajstić information content (AvgIpc) is 2.92. The second kappa shape index (κ2) is 6.88. The third-order valence-electron chi connectivity index (χ3n) is 3.18. The molecule has 1 atom stereocenters. The van der Waals surface area contributed by atoms with E-state index in [9.17, 15) is 4.39 Å². The predicted octanol–water partition coefficient (Wildman–Crippen LogP) is 3.46. The molecule has 3 nitrogen and oxygen atoms in total. The van der Waals surface area contributed by atoms with Gasteiger partial charge in [0.05, 0.1) is 17.3 Å². The number of hydrogen-bond donors (Lipinski definition) is 1. The van der Waals surface area contributed by atoms with E-state index in [4.69, 9.17) is 16.0 Å². The summed E-state index contributed by atoms with van der Waals surface area (Å²) in [7, 11) is 3.96. The maximum Gasteiger partial charge on any atom is 0.146 e. The molecule has 0 saturated carbocycles. The molecule has 1 aromatic carbocycles. The Labute approximate surface area is 123 Å². The summed E-state index contributed by atoms with van der Waals surface area (Å²) in [4.78, 5) is 2.06. The SMILES string of the molecule is CN(C)C(CNCc1cccc(Cl)c1F)c1ccco1. The molecule has 0 spiro atoms. The summed E-state index contributed by atoms with van der Waals surface area (Å²) in [6.45, 7) is 1.09. The maximum absolute atomic E-state index is 13.8. The molecule has 1 unspecified atom stereocenters. The topological polar surface area (TPSA) is 28.4 Å². The Kier molecular flexibility index (Phi) is 5.17. The van der Waals surface area contributed by atoms with Crippen LogP contribution in [0.5, 0.6) is 0 Å². The lowest BCUT2D eigenvalue weighted by Crippen LogP contribution is -2.30.